The van der Waals surface area contributed by atoms with Gasteiger partial charge in [0.25, 0.3) is 0 Å². The summed E-state index contributed by atoms with van der Waals surface area (Å²) in [5.41, 5.74) is 12.0. The maximum Gasteiger partial charge on any atom is 0.0771 e. The second-order valence-electron chi connectivity index (χ2n) is 5.39. The van der Waals surface area contributed by atoms with Crippen molar-refractivity contribution < 1.29 is 0 Å². The number of benzene rings is 2. The van der Waals surface area contributed by atoms with E-state index in [0.29, 0.717) is 11.6 Å². The van der Waals surface area contributed by atoms with Gasteiger partial charge < -0.3 is 5.73 Å². The molecule has 0 saturated heterocycles. The van der Waals surface area contributed by atoms with Crippen LogP contribution < -0.4 is 5.73 Å². The summed E-state index contributed by atoms with van der Waals surface area (Å²) in [6, 6.07) is 16.1. The highest BCUT2D eigenvalue weighted by molar-refractivity contribution is 6.33. The zero-order chi connectivity index (χ0) is 15.7. The predicted octanol–water partition coefficient (Wildman–Crippen LogP) is 4.27. The Morgan fingerprint density at radius 2 is 1.82 bits per heavy atom. The fourth-order valence-electron chi connectivity index (χ4n) is 2.44. The minimum atomic E-state index is 0.398. The van der Waals surface area contributed by atoms with Crippen LogP contribution in [0.25, 0.3) is 16.9 Å². The monoisotopic (exact) mass is 311 g/mol. The van der Waals surface area contributed by atoms with Gasteiger partial charge in [-0.25, -0.2) is 4.68 Å². The number of aromatic nitrogens is 2. The molecular formula is C18H18ClN3. The molecule has 2 N–H and O–H groups in total. The molecule has 0 radical (unpaired) electrons. The van der Waals surface area contributed by atoms with E-state index in [-0.39, 0.29) is 0 Å². The first-order chi connectivity index (χ1) is 10.6. The molecule has 0 amide bonds. The molecule has 0 saturated carbocycles. The van der Waals surface area contributed by atoms with Gasteiger partial charge in [0.1, 0.15) is 0 Å². The molecule has 0 atom stereocenters. The highest BCUT2D eigenvalue weighted by Crippen LogP contribution is 2.30. The van der Waals surface area contributed by atoms with Gasteiger partial charge in [0, 0.05) is 17.1 Å². The van der Waals surface area contributed by atoms with Gasteiger partial charge in [0.15, 0.2) is 0 Å². The molecule has 0 aliphatic carbocycles. The van der Waals surface area contributed by atoms with Crippen LogP contribution in [0.1, 0.15) is 16.8 Å². The number of nitrogens with zero attached hydrogens (tertiary/aromatic N) is 2. The van der Waals surface area contributed by atoms with Crippen molar-refractivity contribution in [3.63, 3.8) is 0 Å². The van der Waals surface area contributed by atoms with E-state index in [1.54, 1.807) is 0 Å². The SMILES string of the molecule is Cc1ccc(-n2nc(CN)cc2-c2ccccc2Cl)cc1C. The van der Waals surface area contributed by atoms with Gasteiger partial charge in [-0.1, -0.05) is 35.9 Å². The number of halogens is 1. The second kappa shape index (κ2) is 5.95. The minimum absolute atomic E-state index is 0.398. The van der Waals surface area contributed by atoms with E-state index in [0.717, 1.165) is 22.6 Å². The first-order valence-corrected chi connectivity index (χ1v) is 7.59. The zero-order valence-electron chi connectivity index (χ0n) is 12.7. The Morgan fingerprint density at radius 3 is 2.50 bits per heavy atom. The number of hydrogen-bond donors (Lipinski definition) is 1. The lowest BCUT2D eigenvalue weighted by Gasteiger charge is -2.10. The Labute approximate surface area is 135 Å². The Bertz CT molecular complexity index is 821. The molecule has 0 aliphatic rings. The zero-order valence-corrected chi connectivity index (χ0v) is 13.4. The molecule has 3 rings (SSSR count). The summed E-state index contributed by atoms with van der Waals surface area (Å²) < 4.78 is 1.91. The summed E-state index contributed by atoms with van der Waals surface area (Å²) >= 11 is 6.35. The predicted molar refractivity (Wildman–Crippen MR) is 91.4 cm³/mol. The van der Waals surface area contributed by atoms with E-state index < -0.39 is 0 Å². The van der Waals surface area contributed by atoms with E-state index >= 15 is 0 Å². The molecule has 3 aromatic rings. The van der Waals surface area contributed by atoms with Crippen LogP contribution in [0.15, 0.2) is 48.5 Å². The quantitative estimate of drug-likeness (QED) is 0.785. The second-order valence-corrected chi connectivity index (χ2v) is 5.79. The summed E-state index contributed by atoms with van der Waals surface area (Å²) in [6.45, 7) is 4.60. The lowest BCUT2D eigenvalue weighted by molar-refractivity contribution is 0.837. The van der Waals surface area contributed by atoms with Gasteiger partial charge in [-0.2, -0.15) is 5.10 Å². The van der Waals surface area contributed by atoms with Gasteiger partial charge in [0.05, 0.1) is 17.1 Å². The molecule has 1 heterocycles. The maximum atomic E-state index is 6.35. The minimum Gasteiger partial charge on any atom is -0.325 e. The van der Waals surface area contributed by atoms with E-state index in [1.165, 1.54) is 11.1 Å². The molecule has 0 bridgehead atoms. The lowest BCUT2D eigenvalue weighted by atomic mass is 10.1. The highest BCUT2D eigenvalue weighted by Gasteiger charge is 2.13. The summed E-state index contributed by atoms with van der Waals surface area (Å²) in [4.78, 5) is 0. The molecule has 4 heteroatoms. The lowest BCUT2D eigenvalue weighted by Crippen LogP contribution is -2.02. The fourth-order valence-corrected chi connectivity index (χ4v) is 2.68. The molecular weight excluding hydrogens is 294 g/mol. The number of aryl methyl sites for hydroxylation is 2. The van der Waals surface area contributed by atoms with Crippen LogP contribution in [0.3, 0.4) is 0 Å². The number of hydrogen-bond acceptors (Lipinski definition) is 2. The van der Waals surface area contributed by atoms with Crippen LogP contribution in [0, 0.1) is 13.8 Å². The Morgan fingerprint density at radius 1 is 1.05 bits per heavy atom. The van der Waals surface area contributed by atoms with Crippen molar-refractivity contribution in [3.05, 3.63) is 70.4 Å². The molecule has 0 spiro atoms. The third-order valence-corrected chi connectivity index (χ3v) is 4.18. The molecule has 0 fully saturated rings. The van der Waals surface area contributed by atoms with Crippen molar-refractivity contribution in [1.29, 1.82) is 0 Å². The van der Waals surface area contributed by atoms with Gasteiger partial charge in [-0.05, 0) is 49.2 Å². The van der Waals surface area contributed by atoms with Crippen LogP contribution in [0.5, 0.6) is 0 Å². The number of nitrogens with two attached hydrogens (primary N) is 1. The van der Waals surface area contributed by atoms with Crippen LogP contribution in [-0.4, -0.2) is 9.78 Å². The summed E-state index contributed by atoms with van der Waals surface area (Å²) in [5, 5.41) is 5.32. The van der Waals surface area contributed by atoms with Gasteiger partial charge in [-0.3, -0.25) is 0 Å². The van der Waals surface area contributed by atoms with Crippen molar-refractivity contribution in [1.82, 2.24) is 9.78 Å². The van der Waals surface area contributed by atoms with Crippen LogP contribution in [-0.2, 0) is 6.54 Å². The molecule has 112 valence electrons. The smallest absolute Gasteiger partial charge is 0.0771 e. The van der Waals surface area contributed by atoms with Crippen molar-refractivity contribution in [2.45, 2.75) is 20.4 Å². The standard InChI is InChI=1S/C18H18ClN3/c1-12-7-8-15(9-13(12)2)22-18(10-14(11-20)21-22)16-5-3-4-6-17(16)19/h3-10H,11,20H2,1-2H3. The van der Waals surface area contributed by atoms with Gasteiger partial charge >= 0.3 is 0 Å². The van der Waals surface area contributed by atoms with Crippen molar-refractivity contribution in [2.24, 2.45) is 5.73 Å². The number of rotatable bonds is 3. The Hall–Kier alpha value is -2.10. The van der Waals surface area contributed by atoms with Crippen molar-refractivity contribution >= 4 is 11.6 Å². The third kappa shape index (κ3) is 2.65. The van der Waals surface area contributed by atoms with E-state index in [4.69, 9.17) is 17.3 Å². The first-order valence-electron chi connectivity index (χ1n) is 7.21. The largest absolute Gasteiger partial charge is 0.325 e. The average molecular weight is 312 g/mol. The molecule has 1 aromatic heterocycles. The summed E-state index contributed by atoms with van der Waals surface area (Å²) in [6.07, 6.45) is 0. The van der Waals surface area contributed by atoms with Crippen LogP contribution in [0.2, 0.25) is 5.02 Å². The van der Waals surface area contributed by atoms with E-state index in [2.05, 4.69) is 37.1 Å². The van der Waals surface area contributed by atoms with Gasteiger partial charge in [-0.15, -0.1) is 0 Å². The maximum absolute atomic E-state index is 6.35. The Kier molecular flexibility index (Phi) is 4.01. The normalized spacial score (nSPS) is 10.9. The molecule has 22 heavy (non-hydrogen) atoms. The molecule has 0 aliphatic heterocycles. The van der Waals surface area contributed by atoms with E-state index in [9.17, 15) is 0 Å². The Balaban J connectivity index is 2.21. The third-order valence-electron chi connectivity index (χ3n) is 3.85. The molecule has 2 aromatic carbocycles. The average Bonchev–Trinajstić information content (AvgIpc) is 2.94. The van der Waals surface area contributed by atoms with E-state index in [1.807, 2.05) is 35.0 Å². The van der Waals surface area contributed by atoms with Crippen LogP contribution in [0.4, 0.5) is 0 Å². The highest BCUT2D eigenvalue weighted by atomic mass is 35.5. The van der Waals surface area contributed by atoms with Crippen LogP contribution >= 0.6 is 11.6 Å². The van der Waals surface area contributed by atoms with Gasteiger partial charge in [0.2, 0.25) is 0 Å². The topological polar surface area (TPSA) is 43.8 Å². The fraction of sp³-hybridized carbons (Fsp3) is 0.167. The van der Waals surface area contributed by atoms with Crippen molar-refractivity contribution in [3.8, 4) is 16.9 Å². The summed E-state index contributed by atoms with van der Waals surface area (Å²) in [7, 11) is 0. The molecule has 3 nitrogen and oxygen atoms in total. The van der Waals surface area contributed by atoms with Crippen molar-refractivity contribution in [2.75, 3.05) is 0 Å². The molecule has 0 unspecified atom stereocenters. The first kappa shape index (κ1) is 14.8. The summed E-state index contributed by atoms with van der Waals surface area (Å²) in [5.74, 6) is 0.